The predicted octanol–water partition coefficient (Wildman–Crippen LogP) is 1.65. The van der Waals surface area contributed by atoms with Gasteiger partial charge < -0.3 is 15.0 Å². The zero-order valence-corrected chi connectivity index (χ0v) is 10.9. The van der Waals surface area contributed by atoms with Crippen LogP contribution in [0.2, 0.25) is 25.7 Å². The van der Waals surface area contributed by atoms with Gasteiger partial charge in [-0.1, -0.05) is 19.6 Å². The maximum absolute atomic E-state index is 5.60. The minimum Gasteiger partial charge on any atom is -0.361 e. The van der Waals surface area contributed by atoms with Crippen LogP contribution in [0.1, 0.15) is 5.82 Å². The summed E-state index contributed by atoms with van der Waals surface area (Å²) in [5.41, 5.74) is 5.54. The lowest BCUT2D eigenvalue weighted by Gasteiger charge is -2.15. The number of nitrogens with zero attached hydrogens (tertiary/aromatic N) is 2. The molecule has 0 unspecified atom stereocenters. The van der Waals surface area contributed by atoms with Gasteiger partial charge in [0.25, 0.3) is 0 Å². The molecule has 0 bridgehead atoms. The fourth-order valence-electron chi connectivity index (χ4n) is 1.19. The molecule has 0 aliphatic carbocycles. The topological polar surface area (TPSA) is 53.1 Å². The summed E-state index contributed by atoms with van der Waals surface area (Å²) in [6, 6.07) is 1.19. The van der Waals surface area contributed by atoms with Crippen LogP contribution in [0.4, 0.5) is 0 Å². The van der Waals surface area contributed by atoms with E-state index in [1.54, 1.807) is 6.20 Å². The average molecular weight is 227 g/mol. The van der Waals surface area contributed by atoms with Crippen molar-refractivity contribution < 1.29 is 4.74 Å². The molecule has 1 heterocycles. The Labute approximate surface area is 92.5 Å². The van der Waals surface area contributed by atoms with Crippen molar-refractivity contribution in [3.05, 3.63) is 18.2 Å². The van der Waals surface area contributed by atoms with Crippen LogP contribution in [0.5, 0.6) is 0 Å². The van der Waals surface area contributed by atoms with E-state index >= 15 is 0 Å². The lowest BCUT2D eigenvalue weighted by atomic mass is 10.6. The van der Waals surface area contributed by atoms with Gasteiger partial charge in [-0.15, -0.1) is 0 Å². The molecule has 0 saturated carbocycles. The first-order valence-electron chi connectivity index (χ1n) is 5.31. The normalized spacial score (nSPS) is 12.0. The summed E-state index contributed by atoms with van der Waals surface area (Å²) >= 11 is 0. The summed E-state index contributed by atoms with van der Waals surface area (Å²) in [5, 5.41) is 0. The van der Waals surface area contributed by atoms with Gasteiger partial charge in [0.05, 0.1) is 6.54 Å². The first-order chi connectivity index (χ1) is 7.03. The molecule has 1 aromatic rings. The second kappa shape index (κ2) is 5.44. The van der Waals surface area contributed by atoms with Gasteiger partial charge in [-0.2, -0.15) is 0 Å². The zero-order chi connectivity index (χ0) is 11.3. The minimum absolute atomic E-state index is 0.463. The van der Waals surface area contributed by atoms with Crippen molar-refractivity contribution >= 4 is 8.07 Å². The van der Waals surface area contributed by atoms with Gasteiger partial charge in [-0.3, -0.25) is 0 Å². The highest BCUT2D eigenvalue weighted by atomic mass is 28.3. The molecule has 0 aromatic carbocycles. The Morgan fingerprint density at radius 3 is 2.80 bits per heavy atom. The monoisotopic (exact) mass is 227 g/mol. The second-order valence-corrected chi connectivity index (χ2v) is 10.5. The Hall–Kier alpha value is -0.653. The molecule has 0 saturated heterocycles. The SMILES string of the molecule is C[Si](C)(C)CCOCn1ccnc1CN. The third-order valence-electron chi connectivity index (χ3n) is 2.21. The van der Waals surface area contributed by atoms with Gasteiger partial charge in [0, 0.05) is 27.1 Å². The van der Waals surface area contributed by atoms with Crippen LogP contribution in [-0.2, 0) is 18.0 Å². The van der Waals surface area contributed by atoms with Crippen LogP contribution < -0.4 is 5.73 Å². The summed E-state index contributed by atoms with van der Waals surface area (Å²) in [5.74, 6) is 0.878. The summed E-state index contributed by atoms with van der Waals surface area (Å²) in [7, 11) is -0.976. The zero-order valence-electron chi connectivity index (χ0n) is 9.86. The van der Waals surface area contributed by atoms with E-state index in [4.69, 9.17) is 10.5 Å². The molecule has 0 spiro atoms. The highest BCUT2D eigenvalue weighted by molar-refractivity contribution is 6.76. The summed E-state index contributed by atoms with van der Waals surface area (Å²) in [6.07, 6.45) is 3.65. The Morgan fingerprint density at radius 2 is 2.20 bits per heavy atom. The van der Waals surface area contributed by atoms with Crippen molar-refractivity contribution in [1.29, 1.82) is 0 Å². The Kier molecular flexibility index (Phi) is 4.50. The first-order valence-corrected chi connectivity index (χ1v) is 9.01. The van der Waals surface area contributed by atoms with Crippen molar-refractivity contribution in [2.24, 2.45) is 5.73 Å². The largest absolute Gasteiger partial charge is 0.361 e. The smallest absolute Gasteiger partial charge is 0.124 e. The predicted molar refractivity (Wildman–Crippen MR) is 64.2 cm³/mol. The van der Waals surface area contributed by atoms with Crippen LogP contribution >= 0.6 is 0 Å². The van der Waals surface area contributed by atoms with Crippen LogP contribution in [0.15, 0.2) is 12.4 Å². The minimum atomic E-state index is -0.976. The van der Waals surface area contributed by atoms with Crippen LogP contribution in [0.3, 0.4) is 0 Å². The fourth-order valence-corrected chi connectivity index (χ4v) is 1.95. The molecule has 2 N–H and O–H groups in total. The highest BCUT2D eigenvalue weighted by Crippen LogP contribution is 2.08. The number of imidazole rings is 1. The molecule has 1 rings (SSSR count). The summed E-state index contributed by atoms with van der Waals surface area (Å²) < 4.78 is 7.55. The molecule has 0 fully saturated rings. The molecule has 0 aliphatic rings. The molecule has 4 nitrogen and oxygen atoms in total. The van der Waals surface area contributed by atoms with Gasteiger partial charge in [0.15, 0.2) is 0 Å². The van der Waals surface area contributed by atoms with E-state index in [-0.39, 0.29) is 0 Å². The van der Waals surface area contributed by atoms with Gasteiger partial charge in [-0.05, 0) is 6.04 Å². The van der Waals surface area contributed by atoms with E-state index in [1.165, 1.54) is 6.04 Å². The summed E-state index contributed by atoms with van der Waals surface area (Å²) in [6.45, 7) is 8.90. The molecule has 0 aliphatic heterocycles. The maximum Gasteiger partial charge on any atom is 0.124 e. The van der Waals surface area contributed by atoms with Crippen molar-refractivity contribution in [2.75, 3.05) is 6.61 Å². The molecular weight excluding hydrogens is 206 g/mol. The molecule has 86 valence electrons. The molecule has 1 aromatic heterocycles. The van der Waals surface area contributed by atoms with Crippen molar-refractivity contribution in [3.8, 4) is 0 Å². The third-order valence-corrected chi connectivity index (χ3v) is 3.92. The van der Waals surface area contributed by atoms with Crippen LogP contribution in [0.25, 0.3) is 0 Å². The van der Waals surface area contributed by atoms with Gasteiger partial charge in [0.1, 0.15) is 12.6 Å². The molecule has 5 heteroatoms. The molecule has 0 atom stereocenters. The van der Waals surface area contributed by atoms with Crippen LogP contribution in [0, 0.1) is 0 Å². The van der Waals surface area contributed by atoms with Crippen molar-refractivity contribution in [3.63, 3.8) is 0 Å². The Morgan fingerprint density at radius 1 is 1.47 bits per heavy atom. The fraction of sp³-hybridized carbons (Fsp3) is 0.700. The van der Waals surface area contributed by atoms with E-state index in [0.717, 1.165) is 12.4 Å². The third kappa shape index (κ3) is 4.59. The number of aromatic nitrogens is 2. The number of rotatable bonds is 6. The van der Waals surface area contributed by atoms with E-state index in [0.29, 0.717) is 13.3 Å². The summed E-state index contributed by atoms with van der Waals surface area (Å²) in [4.78, 5) is 4.13. The number of ether oxygens (including phenoxy) is 1. The van der Waals surface area contributed by atoms with E-state index in [9.17, 15) is 0 Å². The van der Waals surface area contributed by atoms with E-state index in [1.807, 2.05) is 10.8 Å². The van der Waals surface area contributed by atoms with Gasteiger partial charge in [0.2, 0.25) is 0 Å². The molecular formula is C10H21N3OSi. The molecule has 0 radical (unpaired) electrons. The van der Waals surface area contributed by atoms with E-state index < -0.39 is 8.07 Å². The van der Waals surface area contributed by atoms with E-state index in [2.05, 4.69) is 24.6 Å². The quantitative estimate of drug-likeness (QED) is 0.594. The lowest BCUT2D eigenvalue weighted by Crippen LogP contribution is -2.22. The Bertz CT molecular complexity index is 293. The standard InChI is InChI=1S/C10H21N3OSi/c1-15(2,3)7-6-14-9-13-5-4-12-10(13)8-11/h4-5H,6-9,11H2,1-3H3. The van der Waals surface area contributed by atoms with Gasteiger partial charge >= 0.3 is 0 Å². The average Bonchev–Trinajstić information content (AvgIpc) is 2.58. The molecule has 15 heavy (non-hydrogen) atoms. The first kappa shape index (κ1) is 12.4. The van der Waals surface area contributed by atoms with Crippen LogP contribution in [-0.4, -0.2) is 24.2 Å². The van der Waals surface area contributed by atoms with Crippen molar-refractivity contribution in [1.82, 2.24) is 9.55 Å². The second-order valence-electron chi connectivity index (χ2n) is 4.87. The molecule has 0 amide bonds. The lowest BCUT2D eigenvalue weighted by molar-refractivity contribution is 0.0852. The Balaban J connectivity index is 2.26. The number of hydrogen-bond donors (Lipinski definition) is 1. The highest BCUT2D eigenvalue weighted by Gasteiger charge is 2.12. The van der Waals surface area contributed by atoms with Gasteiger partial charge in [-0.25, -0.2) is 4.98 Å². The van der Waals surface area contributed by atoms with Crippen molar-refractivity contribution in [2.45, 2.75) is 39.0 Å². The number of nitrogens with two attached hydrogens (primary N) is 1. The number of hydrogen-bond acceptors (Lipinski definition) is 3. The maximum atomic E-state index is 5.60.